The number of rotatable bonds is 2. The van der Waals surface area contributed by atoms with E-state index in [0.717, 1.165) is 4.74 Å². The summed E-state index contributed by atoms with van der Waals surface area (Å²) in [4.78, 5) is 6.18. The van der Waals surface area contributed by atoms with Crippen molar-refractivity contribution in [1.29, 1.82) is 0 Å². The third-order valence-corrected chi connectivity index (χ3v) is 4.56. The predicted octanol–water partition coefficient (Wildman–Crippen LogP) is 1.70. The average Bonchev–Trinajstić information content (AvgIpc) is 2.49. The molecule has 2 heterocycles. The van der Waals surface area contributed by atoms with Gasteiger partial charge in [-0.05, 0) is 40.0 Å². The molecule has 1 aromatic rings. The predicted molar refractivity (Wildman–Crippen MR) is 78.4 cm³/mol. The summed E-state index contributed by atoms with van der Waals surface area (Å²) in [7, 11) is 1.90. The van der Waals surface area contributed by atoms with Crippen LogP contribution in [0.2, 0.25) is 0 Å². The van der Waals surface area contributed by atoms with Gasteiger partial charge in [0.05, 0.1) is 5.69 Å². The molecule has 20 heavy (non-hydrogen) atoms. The smallest absolute Gasteiger partial charge is 0.224 e. The Morgan fingerprint density at radius 3 is 2.30 bits per heavy atom. The number of hydrogen-bond donors (Lipinski definition) is 1. The van der Waals surface area contributed by atoms with Gasteiger partial charge in [0.25, 0.3) is 0 Å². The lowest BCUT2D eigenvalue weighted by Crippen LogP contribution is -2.54. The quantitative estimate of drug-likeness (QED) is 0.660. The van der Waals surface area contributed by atoms with E-state index in [9.17, 15) is 10.3 Å². The highest BCUT2D eigenvalue weighted by Gasteiger charge is 2.60. The van der Waals surface area contributed by atoms with Gasteiger partial charge in [-0.25, -0.2) is 4.90 Å². The van der Waals surface area contributed by atoms with E-state index in [1.54, 1.807) is 25.3 Å². The van der Waals surface area contributed by atoms with E-state index < -0.39 is 16.8 Å². The Bertz CT molecular complexity index is 547. The molecule has 0 aromatic carbocycles. The summed E-state index contributed by atoms with van der Waals surface area (Å²) in [5, 5.41) is 23.7. The largest absolute Gasteiger partial charge is 0.622 e. The number of aliphatic hydroxyl groups is 1. The molecule has 2 rings (SSSR count). The first-order valence-electron chi connectivity index (χ1n) is 6.77. The van der Waals surface area contributed by atoms with E-state index in [4.69, 9.17) is 0 Å². The Morgan fingerprint density at radius 1 is 1.30 bits per heavy atom. The lowest BCUT2D eigenvalue weighted by Gasteiger charge is -2.34. The fraction of sp³-hybridized carbons (Fsp3) is 0.600. The lowest BCUT2D eigenvalue weighted by molar-refractivity contribution is -0.559. The van der Waals surface area contributed by atoms with Crippen LogP contribution in [0, 0.1) is 5.21 Å². The molecule has 0 saturated carbocycles. The first kappa shape index (κ1) is 14.9. The third-order valence-electron chi connectivity index (χ3n) is 4.56. The van der Waals surface area contributed by atoms with Crippen LogP contribution < -0.4 is 0 Å². The molecular weight excluding hydrogens is 254 g/mol. The number of pyridine rings is 1. The van der Waals surface area contributed by atoms with Gasteiger partial charge in [-0.1, -0.05) is 6.07 Å². The standard InChI is InChI=1S/C15H23N3O2/c1-13(2)12(18(20)14(3,4)17(13)6)15(5,19)11-9-7-8-10-16-11/h7-10,19H,1-6H3. The van der Waals surface area contributed by atoms with Crippen molar-refractivity contribution in [1.82, 2.24) is 9.88 Å². The van der Waals surface area contributed by atoms with Crippen molar-refractivity contribution in [2.45, 2.75) is 51.4 Å². The van der Waals surface area contributed by atoms with Crippen molar-refractivity contribution in [2.24, 2.45) is 0 Å². The van der Waals surface area contributed by atoms with Crippen LogP contribution in [0.3, 0.4) is 0 Å². The van der Waals surface area contributed by atoms with Crippen molar-refractivity contribution in [2.75, 3.05) is 7.05 Å². The van der Waals surface area contributed by atoms with E-state index >= 15 is 0 Å². The maximum atomic E-state index is 12.7. The van der Waals surface area contributed by atoms with Crippen LogP contribution in [-0.4, -0.2) is 43.7 Å². The normalized spacial score (nSPS) is 24.8. The van der Waals surface area contributed by atoms with Crippen LogP contribution in [0.4, 0.5) is 0 Å². The zero-order valence-electron chi connectivity index (χ0n) is 13.0. The Labute approximate surface area is 120 Å². The zero-order valence-corrected chi connectivity index (χ0v) is 13.0. The number of hydrogen-bond acceptors (Lipinski definition) is 4. The Balaban J connectivity index is 2.64. The van der Waals surface area contributed by atoms with Crippen LogP contribution in [-0.2, 0) is 5.60 Å². The van der Waals surface area contributed by atoms with Gasteiger partial charge in [0.1, 0.15) is 5.54 Å². The van der Waals surface area contributed by atoms with Crippen LogP contribution in [0.1, 0.15) is 40.3 Å². The maximum absolute atomic E-state index is 12.7. The fourth-order valence-electron chi connectivity index (χ4n) is 3.07. The molecule has 1 unspecified atom stereocenters. The first-order valence-corrected chi connectivity index (χ1v) is 6.77. The molecule has 1 aliphatic heterocycles. The summed E-state index contributed by atoms with van der Waals surface area (Å²) < 4.78 is 0.918. The minimum atomic E-state index is -1.41. The van der Waals surface area contributed by atoms with Crippen molar-refractivity contribution < 1.29 is 9.85 Å². The molecule has 5 nitrogen and oxygen atoms in total. The minimum absolute atomic E-state index is 0.413. The molecule has 0 aliphatic carbocycles. The maximum Gasteiger partial charge on any atom is 0.224 e. The van der Waals surface area contributed by atoms with Gasteiger partial charge >= 0.3 is 0 Å². The summed E-state index contributed by atoms with van der Waals surface area (Å²) in [6.07, 6.45) is 1.62. The summed E-state index contributed by atoms with van der Waals surface area (Å²) in [5.74, 6) is 0. The van der Waals surface area contributed by atoms with Gasteiger partial charge in [-0.15, -0.1) is 0 Å². The first-order chi connectivity index (χ1) is 9.04. The lowest BCUT2D eigenvalue weighted by atomic mass is 9.83. The average molecular weight is 277 g/mol. The van der Waals surface area contributed by atoms with E-state index in [-0.39, 0.29) is 0 Å². The topological polar surface area (TPSA) is 62.4 Å². The Hall–Kier alpha value is -1.46. The van der Waals surface area contributed by atoms with Crippen molar-refractivity contribution in [3.63, 3.8) is 0 Å². The molecule has 0 bridgehead atoms. The summed E-state index contributed by atoms with van der Waals surface area (Å²) in [5.41, 5.74) is -1.79. The van der Waals surface area contributed by atoms with Gasteiger partial charge in [0.2, 0.25) is 11.4 Å². The summed E-state index contributed by atoms with van der Waals surface area (Å²) in [6, 6.07) is 5.33. The highest BCUT2D eigenvalue weighted by atomic mass is 16.5. The van der Waals surface area contributed by atoms with Gasteiger partial charge in [0, 0.05) is 20.0 Å². The Kier molecular flexibility index (Phi) is 3.19. The van der Waals surface area contributed by atoms with Gasteiger partial charge in [-0.3, -0.25) is 4.98 Å². The van der Waals surface area contributed by atoms with Gasteiger partial charge in [-0.2, -0.15) is 4.74 Å². The van der Waals surface area contributed by atoms with Gasteiger partial charge < -0.3 is 10.3 Å². The second kappa shape index (κ2) is 4.27. The zero-order chi connectivity index (χ0) is 15.3. The number of hydroxylamine groups is 1. The number of nitrogens with zero attached hydrogens (tertiary/aromatic N) is 3. The molecule has 0 radical (unpaired) electrons. The molecule has 1 atom stereocenters. The second-order valence-electron chi connectivity index (χ2n) is 6.54. The minimum Gasteiger partial charge on any atom is -0.622 e. The van der Waals surface area contributed by atoms with Crippen molar-refractivity contribution >= 4 is 5.71 Å². The Morgan fingerprint density at radius 2 is 1.90 bits per heavy atom. The van der Waals surface area contributed by atoms with E-state index in [1.165, 1.54) is 0 Å². The summed E-state index contributed by atoms with van der Waals surface area (Å²) in [6.45, 7) is 9.22. The van der Waals surface area contributed by atoms with Crippen LogP contribution >= 0.6 is 0 Å². The molecule has 0 saturated heterocycles. The molecular formula is C15H23N3O2. The monoisotopic (exact) mass is 277 g/mol. The molecule has 1 aliphatic rings. The second-order valence-corrected chi connectivity index (χ2v) is 6.54. The molecule has 0 spiro atoms. The summed E-state index contributed by atoms with van der Waals surface area (Å²) >= 11 is 0. The fourth-order valence-corrected chi connectivity index (χ4v) is 3.07. The van der Waals surface area contributed by atoms with E-state index in [2.05, 4.69) is 4.98 Å². The van der Waals surface area contributed by atoms with Crippen molar-refractivity contribution in [3.8, 4) is 0 Å². The van der Waals surface area contributed by atoms with Crippen LogP contribution in [0.25, 0.3) is 0 Å². The van der Waals surface area contributed by atoms with Gasteiger partial charge in [0.15, 0.2) is 5.60 Å². The molecule has 0 amide bonds. The molecule has 1 aromatic heterocycles. The molecule has 5 heteroatoms. The van der Waals surface area contributed by atoms with Crippen molar-refractivity contribution in [3.05, 3.63) is 35.3 Å². The van der Waals surface area contributed by atoms with Crippen LogP contribution in [0.15, 0.2) is 24.4 Å². The molecule has 1 N–H and O–H groups in total. The SMILES string of the molecule is CN1C(C)(C)C(C(C)(O)c2ccccn2)=[N+]([O-])C1(C)C. The molecule has 110 valence electrons. The van der Waals surface area contributed by atoms with E-state index in [0.29, 0.717) is 11.4 Å². The highest BCUT2D eigenvalue weighted by Crippen LogP contribution is 2.39. The molecule has 0 fully saturated rings. The third kappa shape index (κ3) is 1.84. The highest BCUT2D eigenvalue weighted by molar-refractivity contribution is 5.97. The number of aromatic nitrogens is 1. The van der Waals surface area contributed by atoms with E-state index in [1.807, 2.05) is 45.7 Å². The van der Waals surface area contributed by atoms with Crippen LogP contribution in [0.5, 0.6) is 0 Å².